The molecule has 0 aliphatic carbocycles. The highest BCUT2D eigenvalue weighted by Gasteiger charge is 2.26. The predicted octanol–water partition coefficient (Wildman–Crippen LogP) is 3.48. The van der Waals surface area contributed by atoms with Crippen LogP contribution in [0.15, 0.2) is 65.6 Å². The molecule has 0 saturated heterocycles. The van der Waals surface area contributed by atoms with E-state index in [0.29, 0.717) is 5.52 Å². The molecule has 0 aliphatic rings. The Morgan fingerprint density at radius 3 is 2.32 bits per heavy atom. The molecule has 3 rings (SSSR count). The Hall–Kier alpha value is -2.87. The van der Waals surface area contributed by atoms with Crippen LogP contribution in [0.5, 0.6) is 0 Å². The van der Waals surface area contributed by atoms with E-state index in [2.05, 4.69) is 10.3 Å². The van der Waals surface area contributed by atoms with Crippen LogP contribution in [0.25, 0.3) is 10.9 Å². The van der Waals surface area contributed by atoms with Gasteiger partial charge in [0.15, 0.2) is 0 Å². The maximum atomic E-state index is 12.5. The molecule has 1 amide bonds. The first-order valence-electron chi connectivity index (χ1n) is 7.17. The Morgan fingerprint density at radius 1 is 0.960 bits per heavy atom. The maximum absolute atomic E-state index is 12.5. The summed E-state index contributed by atoms with van der Waals surface area (Å²) >= 11 is 0. The molecule has 0 unspecified atom stereocenters. The smallest absolute Gasteiger partial charge is 0.321 e. The SMILES string of the molecule is O=C(Nc1ccc(S(=O)(=O)C(F)F)cc1)c1ccc2ccccc2n1. The van der Waals surface area contributed by atoms with Crippen molar-refractivity contribution in [3.8, 4) is 0 Å². The molecule has 3 aromatic rings. The summed E-state index contributed by atoms with van der Waals surface area (Å²) in [6.45, 7) is 0. The van der Waals surface area contributed by atoms with Gasteiger partial charge in [-0.15, -0.1) is 0 Å². The van der Waals surface area contributed by atoms with Crippen LogP contribution in [0.3, 0.4) is 0 Å². The van der Waals surface area contributed by atoms with Crippen molar-refractivity contribution in [1.29, 1.82) is 0 Å². The van der Waals surface area contributed by atoms with E-state index in [4.69, 9.17) is 0 Å². The Kier molecular flexibility index (Phi) is 4.45. The van der Waals surface area contributed by atoms with Gasteiger partial charge in [-0.05, 0) is 36.4 Å². The van der Waals surface area contributed by atoms with E-state index in [1.54, 1.807) is 24.3 Å². The molecule has 1 aromatic heterocycles. The van der Waals surface area contributed by atoms with Gasteiger partial charge < -0.3 is 5.32 Å². The average Bonchev–Trinajstić information content (AvgIpc) is 2.61. The highest BCUT2D eigenvalue weighted by molar-refractivity contribution is 7.91. The molecule has 1 N–H and O–H groups in total. The minimum Gasteiger partial charge on any atom is -0.321 e. The number of hydrogen-bond donors (Lipinski definition) is 1. The van der Waals surface area contributed by atoms with E-state index in [-0.39, 0.29) is 11.4 Å². The molecule has 25 heavy (non-hydrogen) atoms. The molecule has 0 radical (unpaired) electrons. The topological polar surface area (TPSA) is 76.1 Å². The molecule has 0 bridgehead atoms. The number of fused-ring (bicyclic) bond motifs is 1. The van der Waals surface area contributed by atoms with Gasteiger partial charge in [0.25, 0.3) is 5.91 Å². The summed E-state index contributed by atoms with van der Waals surface area (Å²) in [6, 6.07) is 15.2. The van der Waals surface area contributed by atoms with Crippen LogP contribution in [0.4, 0.5) is 14.5 Å². The Morgan fingerprint density at radius 2 is 1.64 bits per heavy atom. The third-order valence-electron chi connectivity index (χ3n) is 3.51. The van der Waals surface area contributed by atoms with E-state index in [9.17, 15) is 22.0 Å². The normalized spacial score (nSPS) is 11.6. The summed E-state index contributed by atoms with van der Waals surface area (Å²) in [7, 11) is -4.66. The second-order valence-corrected chi connectivity index (χ2v) is 7.09. The quantitative estimate of drug-likeness (QED) is 0.771. The molecule has 0 saturated carbocycles. The summed E-state index contributed by atoms with van der Waals surface area (Å²) in [4.78, 5) is 16.0. The number of halogens is 2. The minimum atomic E-state index is -4.66. The fraction of sp³-hybridized carbons (Fsp3) is 0.0588. The highest BCUT2D eigenvalue weighted by atomic mass is 32.2. The van der Waals surface area contributed by atoms with E-state index in [0.717, 1.165) is 17.5 Å². The Labute approximate surface area is 142 Å². The number of rotatable bonds is 4. The van der Waals surface area contributed by atoms with Crippen molar-refractivity contribution >= 4 is 32.3 Å². The predicted molar refractivity (Wildman–Crippen MR) is 89.3 cm³/mol. The second kappa shape index (κ2) is 6.56. The number of sulfone groups is 1. The van der Waals surface area contributed by atoms with E-state index >= 15 is 0 Å². The molecule has 2 aromatic carbocycles. The number of nitrogens with one attached hydrogen (secondary N) is 1. The summed E-state index contributed by atoms with van der Waals surface area (Å²) in [6.07, 6.45) is 0. The minimum absolute atomic E-state index is 0.183. The molecule has 128 valence electrons. The molecule has 0 spiro atoms. The van der Waals surface area contributed by atoms with Gasteiger partial charge >= 0.3 is 5.76 Å². The monoisotopic (exact) mass is 362 g/mol. The van der Waals surface area contributed by atoms with Gasteiger partial charge in [-0.1, -0.05) is 24.3 Å². The number of para-hydroxylation sites is 1. The van der Waals surface area contributed by atoms with Crippen LogP contribution in [-0.2, 0) is 9.84 Å². The summed E-state index contributed by atoms with van der Waals surface area (Å²) in [5.74, 6) is -3.98. The van der Waals surface area contributed by atoms with Crippen LogP contribution in [-0.4, -0.2) is 25.1 Å². The summed E-state index contributed by atoms with van der Waals surface area (Å²) < 4.78 is 47.7. The number of anilines is 1. The lowest BCUT2D eigenvalue weighted by Crippen LogP contribution is -2.14. The Bertz CT molecular complexity index is 1040. The van der Waals surface area contributed by atoms with Crippen molar-refractivity contribution in [1.82, 2.24) is 4.98 Å². The summed E-state index contributed by atoms with van der Waals surface area (Å²) in [5.41, 5.74) is 1.12. The number of aromatic nitrogens is 1. The van der Waals surface area contributed by atoms with Crippen molar-refractivity contribution in [3.05, 3.63) is 66.4 Å². The van der Waals surface area contributed by atoms with Crippen molar-refractivity contribution in [2.24, 2.45) is 0 Å². The number of pyridine rings is 1. The fourth-order valence-corrected chi connectivity index (χ4v) is 2.94. The number of benzene rings is 2. The first-order chi connectivity index (χ1) is 11.9. The van der Waals surface area contributed by atoms with Crippen LogP contribution in [0.1, 0.15) is 10.5 Å². The average molecular weight is 362 g/mol. The van der Waals surface area contributed by atoms with E-state index in [1.807, 2.05) is 12.1 Å². The molecule has 8 heteroatoms. The van der Waals surface area contributed by atoms with Gasteiger partial charge in [-0.2, -0.15) is 8.78 Å². The second-order valence-electron chi connectivity index (χ2n) is 5.17. The first kappa shape index (κ1) is 17.0. The van der Waals surface area contributed by atoms with Gasteiger partial charge in [0.2, 0.25) is 9.84 Å². The zero-order chi connectivity index (χ0) is 18.0. The third kappa shape index (κ3) is 3.48. The first-order valence-corrected chi connectivity index (χ1v) is 8.72. The zero-order valence-corrected chi connectivity index (χ0v) is 13.5. The number of carbonyl (C=O) groups is 1. The molecule has 0 atom stereocenters. The fourth-order valence-electron chi connectivity index (χ4n) is 2.22. The molecular weight excluding hydrogens is 350 g/mol. The Balaban J connectivity index is 1.80. The lowest BCUT2D eigenvalue weighted by Gasteiger charge is -2.07. The van der Waals surface area contributed by atoms with Gasteiger partial charge in [-0.3, -0.25) is 4.79 Å². The molecular formula is C17H12F2N2O3S. The van der Waals surface area contributed by atoms with Crippen molar-refractivity contribution in [2.75, 3.05) is 5.32 Å². The van der Waals surface area contributed by atoms with Crippen LogP contribution >= 0.6 is 0 Å². The number of alkyl halides is 2. The van der Waals surface area contributed by atoms with Gasteiger partial charge in [-0.25, -0.2) is 13.4 Å². The van der Waals surface area contributed by atoms with E-state index < -0.39 is 26.4 Å². The summed E-state index contributed by atoms with van der Waals surface area (Å²) in [5, 5.41) is 3.44. The van der Waals surface area contributed by atoms with E-state index in [1.165, 1.54) is 12.1 Å². The molecule has 1 heterocycles. The molecule has 0 fully saturated rings. The van der Waals surface area contributed by atoms with Crippen LogP contribution in [0, 0.1) is 0 Å². The standard InChI is InChI=1S/C17H12F2N2O3S/c18-17(19)25(23,24)13-8-6-12(7-9-13)20-16(22)15-10-5-11-3-1-2-4-14(11)21-15/h1-10,17H,(H,20,22). The number of nitrogens with zero attached hydrogens (tertiary/aromatic N) is 1. The molecule has 0 aliphatic heterocycles. The highest BCUT2D eigenvalue weighted by Crippen LogP contribution is 2.20. The van der Waals surface area contributed by atoms with Gasteiger partial charge in [0.1, 0.15) is 5.69 Å². The molecule has 5 nitrogen and oxygen atoms in total. The largest absolute Gasteiger partial charge is 0.341 e. The van der Waals surface area contributed by atoms with Gasteiger partial charge in [0.05, 0.1) is 10.4 Å². The number of carbonyl (C=O) groups excluding carboxylic acids is 1. The lowest BCUT2D eigenvalue weighted by atomic mass is 10.2. The van der Waals surface area contributed by atoms with Crippen LogP contribution < -0.4 is 5.32 Å². The van der Waals surface area contributed by atoms with Crippen molar-refractivity contribution in [2.45, 2.75) is 10.7 Å². The van der Waals surface area contributed by atoms with Crippen LogP contribution in [0.2, 0.25) is 0 Å². The van der Waals surface area contributed by atoms with Gasteiger partial charge in [0, 0.05) is 11.1 Å². The van der Waals surface area contributed by atoms with Crippen molar-refractivity contribution in [3.63, 3.8) is 0 Å². The zero-order valence-electron chi connectivity index (χ0n) is 12.7. The number of hydrogen-bond acceptors (Lipinski definition) is 4. The lowest BCUT2D eigenvalue weighted by molar-refractivity contribution is 0.102. The number of amides is 1. The maximum Gasteiger partial charge on any atom is 0.341 e. The third-order valence-corrected chi connectivity index (χ3v) is 4.90. The van der Waals surface area contributed by atoms with Crippen molar-refractivity contribution < 1.29 is 22.0 Å².